The van der Waals surface area contributed by atoms with Crippen molar-refractivity contribution in [2.75, 3.05) is 14.2 Å². The number of rotatable bonds is 7. The number of allylic oxidation sites excluding steroid dienone is 1. The van der Waals surface area contributed by atoms with Gasteiger partial charge in [-0.3, -0.25) is 0 Å². The van der Waals surface area contributed by atoms with Gasteiger partial charge in [0.15, 0.2) is 0 Å². The second-order valence-electron chi connectivity index (χ2n) is 3.84. The number of aliphatic hydroxyl groups excluding tert-OH is 1. The normalized spacial score (nSPS) is 11.9. The Morgan fingerprint density at radius 1 is 1.35 bits per heavy atom. The van der Waals surface area contributed by atoms with Gasteiger partial charge in [-0.25, -0.2) is 0 Å². The van der Waals surface area contributed by atoms with Crippen molar-refractivity contribution in [2.45, 2.75) is 25.4 Å². The molecule has 94 valence electrons. The average Bonchev–Trinajstić information content (AvgIpc) is 2.38. The van der Waals surface area contributed by atoms with E-state index in [1.165, 1.54) is 0 Å². The molecule has 0 saturated carbocycles. The highest BCUT2D eigenvalue weighted by Gasteiger charge is 2.13. The van der Waals surface area contributed by atoms with Gasteiger partial charge in [0.05, 0.1) is 20.3 Å². The summed E-state index contributed by atoms with van der Waals surface area (Å²) in [7, 11) is 3.20. The lowest BCUT2D eigenvalue weighted by Crippen LogP contribution is -2.01. The van der Waals surface area contributed by atoms with Crippen LogP contribution in [0.5, 0.6) is 11.5 Å². The van der Waals surface area contributed by atoms with E-state index >= 15 is 0 Å². The summed E-state index contributed by atoms with van der Waals surface area (Å²) in [5, 5.41) is 10.1. The molecular formula is C14H20O3. The molecule has 1 aromatic carbocycles. The summed E-state index contributed by atoms with van der Waals surface area (Å²) in [6, 6.07) is 5.46. The lowest BCUT2D eigenvalue weighted by Gasteiger charge is -2.15. The number of ether oxygens (including phenoxy) is 2. The van der Waals surface area contributed by atoms with E-state index in [2.05, 4.69) is 6.58 Å². The van der Waals surface area contributed by atoms with Gasteiger partial charge in [-0.2, -0.15) is 0 Å². The Bertz CT molecular complexity index is 360. The van der Waals surface area contributed by atoms with Crippen molar-refractivity contribution in [3.63, 3.8) is 0 Å². The molecule has 0 aliphatic heterocycles. The molecule has 0 heterocycles. The summed E-state index contributed by atoms with van der Waals surface area (Å²) in [5.41, 5.74) is 0.803. The van der Waals surface area contributed by atoms with Gasteiger partial charge in [0.2, 0.25) is 0 Å². The molecule has 1 aromatic rings. The van der Waals surface area contributed by atoms with E-state index in [1.807, 2.05) is 18.2 Å². The van der Waals surface area contributed by atoms with Crippen LogP contribution >= 0.6 is 0 Å². The quantitative estimate of drug-likeness (QED) is 0.584. The zero-order valence-electron chi connectivity index (χ0n) is 10.5. The van der Waals surface area contributed by atoms with Gasteiger partial charge in [0, 0.05) is 11.6 Å². The van der Waals surface area contributed by atoms with Crippen LogP contribution < -0.4 is 9.47 Å². The minimum atomic E-state index is -0.504. The van der Waals surface area contributed by atoms with Crippen molar-refractivity contribution in [2.24, 2.45) is 0 Å². The highest BCUT2D eigenvalue weighted by atomic mass is 16.5. The highest BCUT2D eigenvalue weighted by Crippen LogP contribution is 2.31. The first-order chi connectivity index (χ1) is 8.22. The van der Waals surface area contributed by atoms with Gasteiger partial charge >= 0.3 is 0 Å². The third-order valence-electron chi connectivity index (χ3n) is 2.69. The van der Waals surface area contributed by atoms with Crippen LogP contribution in [-0.4, -0.2) is 19.3 Å². The van der Waals surface area contributed by atoms with E-state index in [1.54, 1.807) is 20.3 Å². The maximum Gasteiger partial charge on any atom is 0.128 e. The molecule has 0 bridgehead atoms. The predicted octanol–water partition coefficient (Wildman–Crippen LogP) is 3.09. The molecule has 3 nitrogen and oxygen atoms in total. The fourth-order valence-electron chi connectivity index (χ4n) is 1.70. The van der Waals surface area contributed by atoms with Crippen LogP contribution in [0.15, 0.2) is 30.9 Å². The first-order valence-electron chi connectivity index (χ1n) is 5.73. The van der Waals surface area contributed by atoms with Gasteiger partial charge in [0.25, 0.3) is 0 Å². The zero-order chi connectivity index (χ0) is 12.7. The second-order valence-corrected chi connectivity index (χ2v) is 3.84. The molecule has 0 aromatic heterocycles. The SMILES string of the molecule is C=CCCCC(O)c1ccc(OC)cc1OC. The van der Waals surface area contributed by atoms with Crippen LogP contribution in [0.4, 0.5) is 0 Å². The monoisotopic (exact) mass is 236 g/mol. The summed E-state index contributed by atoms with van der Waals surface area (Å²) >= 11 is 0. The van der Waals surface area contributed by atoms with E-state index in [-0.39, 0.29) is 0 Å². The van der Waals surface area contributed by atoms with Crippen LogP contribution in [0.25, 0.3) is 0 Å². The summed E-state index contributed by atoms with van der Waals surface area (Å²) < 4.78 is 10.4. The number of hydrogen-bond donors (Lipinski definition) is 1. The Morgan fingerprint density at radius 2 is 2.12 bits per heavy atom. The largest absolute Gasteiger partial charge is 0.497 e. The number of benzene rings is 1. The Kier molecular flexibility index (Phi) is 5.57. The Hall–Kier alpha value is -1.48. The minimum absolute atomic E-state index is 0.504. The summed E-state index contributed by atoms with van der Waals surface area (Å²) in [6.07, 6.45) is 3.89. The average molecular weight is 236 g/mol. The second kappa shape index (κ2) is 6.97. The van der Waals surface area contributed by atoms with Gasteiger partial charge < -0.3 is 14.6 Å². The van der Waals surface area contributed by atoms with Crippen molar-refractivity contribution in [1.29, 1.82) is 0 Å². The Labute approximate surface area is 103 Å². The molecule has 1 atom stereocenters. The Morgan fingerprint density at radius 3 is 2.71 bits per heavy atom. The smallest absolute Gasteiger partial charge is 0.128 e. The van der Waals surface area contributed by atoms with Crippen LogP contribution in [0.2, 0.25) is 0 Å². The Balaban J connectivity index is 2.77. The molecule has 1 rings (SSSR count). The van der Waals surface area contributed by atoms with Crippen molar-refractivity contribution >= 4 is 0 Å². The van der Waals surface area contributed by atoms with Crippen LogP contribution in [0, 0.1) is 0 Å². The van der Waals surface area contributed by atoms with Gasteiger partial charge in [-0.1, -0.05) is 6.08 Å². The first kappa shape index (κ1) is 13.6. The van der Waals surface area contributed by atoms with Crippen molar-refractivity contribution in [1.82, 2.24) is 0 Å². The molecule has 0 aliphatic carbocycles. The van der Waals surface area contributed by atoms with E-state index in [0.717, 1.165) is 24.2 Å². The van der Waals surface area contributed by atoms with E-state index < -0.39 is 6.10 Å². The third-order valence-corrected chi connectivity index (χ3v) is 2.69. The number of aliphatic hydroxyl groups is 1. The van der Waals surface area contributed by atoms with Gasteiger partial charge in [0.1, 0.15) is 11.5 Å². The number of hydrogen-bond acceptors (Lipinski definition) is 3. The number of methoxy groups -OCH3 is 2. The molecule has 0 spiro atoms. The van der Waals surface area contributed by atoms with Gasteiger partial charge in [-0.15, -0.1) is 6.58 Å². The molecule has 0 amide bonds. The lowest BCUT2D eigenvalue weighted by molar-refractivity contribution is 0.161. The zero-order valence-corrected chi connectivity index (χ0v) is 10.5. The van der Waals surface area contributed by atoms with E-state index in [9.17, 15) is 5.11 Å². The topological polar surface area (TPSA) is 38.7 Å². The summed E-state index contributed by atoms with van der Waals surface area (Å²) in [6.45, 7) is 3.66. The summed E-state index contributed by atoms with van der Waals surface area (Å²) in [5.74, 6) is 1.39. The number of unbranched alkanes of at least 4 members (excludes halogenated alkanes) is 1. The maximum absolute atomic E-state index is 10.1. The molecule has 17 heavy (non-hydrogen) atoms. The van der Waals surface area contributed by atoms with Crippen molar-refractivity contribution < 1.29 is 14.6 Å². The molecule has 0 aliphatic rings. The van der Waals surface area contributed by atoms with Gasteiger partial charge in [-0.05, 0) is 31.4 Å². The minimum Gasteiger partial charge on any atom is -0.497 e. The van der Waals surface area contributed by atoms with Crippen LogP contribution in [-0.2, 0) is 0 Å². The molecule has 0 saturated heterocycles. The maximum atomic E-state index is 10.1. The van der Waals surface area contributed by atoms with Crippen LogP contribution in [0.3, 0.4) is 0 Å². The standard InChI is InChI=1S/C14H20O3/c1-4-5-6-7-13(15)12-9-8-11(16-2)10-14(12)17-3/h4,8-10,13,15H,1,5-7H2,2-3H3. The molecule has 3 heteroatoms. The third kappa shape index (κ3) is 3.79. The molecular weight excluding hydrogens is 216 g/mol. The lowest BCUT2D eigenvalue weighted by atomic mass is 10.0. The van der Waals surface area contributed by atoms with E-state index in [0.29, 0.717) is 12.2 Å². The molecule has 0 fully saturated rings. The molecule has 1 N–H and O–H groups in total. The van der Waals surface area contributed by atoms with Crippen molar-refractivity contribution in [3.05, 3.63) is 36.4 Å². The highest BCUT2D eigenvalue weighted by molar-refractivity contribution is 5.41. The molecule has 1 unspecified atom stereocenters. The predicted molar refractivity (Wildman–Crippen MR) is 68.6 cm³/mol. The van der Waals surface area contributed by atoms with Crippen LogP contribution in [0.1, 0.15) is 30.9 Å². The fraction of sp³-hybridized carbons (Fsp3) is 0.429. The first-order valence-corrected chi connectivity index (χ1v) is 5.73. The molecule has 0 radical (unpaired) electrons. The van der Waals surface area contributed by atoms with E-state index in [4.69, 9.17) is 9.47 Å². The fourth-order valence-corrected chi connectivity index (χ4v) is 1.70. The summed E-state index contributed by atoms with van der Waals surface area (Å²) in [4.78, 5) is 0. The van der Waals surface area contributed by atoms with Crippen molar-refractivity contribution in [3.8, 4) is 11.5 Å².